The Balaban J connectivity index is 0.00000449. The van der Waals surface area contributed by atoms with Gasteiger partial charge in [-0.05, 0) is 65.6 Å². The standard InChI is InChI=1S/C52H43N5O.Pt/c1-32(2)41-20-13-22-45-46-23-14-21-42(33(3)4)52(46)55(51(41)45)37-27-28-53-49(30-37)56-47-24-11-10-19-43(47)44-26-25-40(31-48(44)56)58-39-18-12-17-38(29-39)57-35(6)50(34(5)54-57)36-15-8-7-9-16-36;/h7-28,30,32-33H,1-6H3;/q-2;+2. The molecule has 0 aliphatic carbocycles. The molecule has 59 heavy (non-hydrogen) atoms. The average Bonchev–Trinajstić information content (AvgIpc) is 3.87. The molecular formula is C52H43N5OPt. The molecule has 4 aromatic heterocycles. The number of hydrogen-bond acceptors (Lipinski definition) is 3. The van der Waals surface area contributed by atoms with Crippen molar-refractivity contribution >= 4 is 43.6 Å². The minimum absolute atomic E-state index is 0. The zero-order valence-corrected chi connectivity index (χ0v) is 36.2. The number of fused-ring (bicyclic) bond motifs is 6. The Morgan fingerprint density at radius 3 is 1.95 bits per heavy atom. The predicted octanol–water partition coefficient (Wildman–Crippen LogP) is 13.4. The van der Waals surface area contributed by atoms with E-state index in [1.165, 1.54) is 32.9 Å². The maximum atomic E-state index is 6.56. The van der Waals surface area contributed by atoms with Gasteiger partial charge in [-0.1, -0.05) is 118 Å². The number of ether oxygens (including phenoxy) is 1. The second-order valence-corrected chi connectivity index (χ2v) is 15.8. The summed E-state index contributed by atoms with van der Waals surface area (Å²) < 4.78 is 13.2. The number of hydrogen-bond donors (Lipinski definition) is 0. The van der Waals surface area contributed by atoms with Crippen LogP contribution in [0.5, 0.6) is 11.5 Å². The van der Waals surface area contributed by atoms with Crippen molar-refractivity contribution in [3.63, 3.8) is 0 Å². The summed E-state index contributed by atoms with van der Waals surface area (Å²) in [5.74, 6) is 2.67. The van der Waals surface area contributed by atoms with Gasteiger partial charge >= 0.3 is 21.1 Å². The molecule has 7 heteroatoms. The Kier molecular flexibility index (Phi) is 9.85. The molecule has 6 aromatic carbocycles. The van der Waals surface area contributed by atoms with E-state index in [2.05, 4.69) is 166 Å². The fraction of sp³-hybridized carbons (Fsp3) is 0.154. The third kappa shape index (κ3) is 6.38. The number of aromatic nitrogens is 5. The fourth-order valence-electron chi connectivity index (χ4n) is 8.84. The summed E-state index contributed by atoms with van der Waals surface area (Å²) in [5, 5.41) is 9.65. The van der Waals surface area contributed by atoms with Crippen molar-refractivity contribution in [2.45, 2.75) is 53.4 Å². The summed E-state index contributed by atoms with van der Waals surface area (Å²) in [5.41, 5.74) is 13.2. The smallest absolute Gasteiger partial charge is 0.509 e. The van der Waals surface area contributed by atoms with Gasteiger partial charge < -0.3 is 13.9 Å². The van der Waals surface area contributed by atoms with Crippen LogP contribution in [0.3, 0.4) is 0 Å². The molecule has 0 radical (unpaired) electrons. The Hall–Kier alpha value is -6.23. The van der Waals surface area contributed by atoms with Crippen molar-refractivity contribution in [2.75, 3.05) is 0 Å². The number of pyridine rings is 1. The van der Waals surface area contributed by atoms with E-state index < -0.39 is 0 Å². The van der Waals surface area contributed by atoms with Crippen LogP contribution in [0, 0.1) is 26.0 Å². The molecule has 0 fully saturated rings. The van der Waals surface area contributed by atoms with Gasteiger partial charge in [-0.2, -0.15) is 17.2 Å². The largest absolute Gasteiger partial charge is 2.00 e. The van der Waals surface area contributed by atoms with Gasteiger partial charge in [0.2, 0.25) is 0 Å². The predicted molar refractivity (Wildman–Crippen MR) is 237 cm³/mol. The first-order chi connectivity index (χ1) is 28.3. The van der Waals surface area contributed by atoms with Gasteiger partial charge in [0.1, 0.15) is 5.82 Å². The van der Waals surface area contributed by atoms with Gasteiger partial charge in [0.15, 0.2) is 0 Å². The fourth-order valence-corrected chi connectivity index (χ4v) is 8.84. The third-order valence-electron chi connectivity index (χ3n) is 11.4. The minimum Gasteiger partial charge on any atom is -0.509 e. The van der Waals surface area contributed by atoms with Crippen LogP contribution in [0.4, 0.5) is 0 Å². The number of nitrogens with zero attached hydrogens (tertiary/aromatic N) is 5. The van der Waals surface area contributed by atoms with Crippen molar-refractivity contribution in [3.05, 3.63) is 174 Å². The molecule has 10 rings (SSSR count). The molecule has 0 spiro atoms. The summed E-state index contributed by atoms with van der Waals surface area (Å²) in [7, 11) is 0. The van der Waals surface area contributed by atoms with E-state index in [0.717, 1.165) is 61.5 Å². The van der Waals surface area contributed by atoms with Crippen LogP contribution in [0.1, 0.15) is 62.0 Å². The molecule has 292 valence electrons. The van der Waals surface area contributed by atoms with E-state index in [4.69, 9.17) is 14.8 Å². The second kappa shape index (κ2) is 15.2. The Bertz CT molecular complexity index is 3120. The van der Waals surface area contributed by atoms with Crippen LogP contribution in [-0.4, -0.2) is 23.9 Å². The van der Waals surface area contributed by atoms with E-state index >= 15 is 0 Å². The quantitative estimate of drug-likeness (QED) is 0.143. The topological polar surface area (TPSA) is 49.8 Å². The van der Waals surface area contributed by atoms with Crippen molar-refractivity contribution in [1.29, 1.82) is 0 Å². The van der Waals surface area contributed by atoms with Crippen LogP contribution in [0.2, 0.25) is 0 Å². The summed E-state index contributed by atoms with van der Waals surface area (Å²) in [6.07, 6.45) is 1.93. The monoisotopic (exact) mass is 948 g/mol. The molecule has 0 aliphatic heterocycles. The van der Waals surface area contributed by atoms with E-state index in [1.54, 1.807) is 0 Å². The molecule has 0 atom stereocenters. The molecule has 0 aliphatic rings. The van der Waals surface area contributed by atoms with Crippen molar-refractivity contribution in [1.82, 2.24) is 23.9 Å². The molecular weight excluding hydrogens is 906 g/mol. The van der Waals surface area contributed by atoms with Gasteiger partial charge in [0.05, 0.1) is 22.4 Å². The zero-order valence-electron chi connectivity index (χ0n) is 33.9. The molecule has 6 nitrogen and oxygen atoms in total. The molecule has 0 unspecified atom stereocenters. The summed E-state index contributed by atoms with van der Waals surface area (Å²) in [6.45, 7) is 13.3. The Morgan fingerprint density at radius 1 is 0.593 bits per heavy atom. The van der Waals surface area contributed by atoms with Crippen LogP contribution >= 0.6 is 0 Å². The number of rotatable bonds is 8. The SMILES string of the molecule is Cc1nn(-c2[c-]c(Oc3[c-]c4c(cc3)c3ccccc3n4-c3cc(-n4c5c(C(C)C)cccc5c5cccc(C(C)C)c54)ccn3)ccc2)c(C)c1-c1ccccc1.[Pt+2]. The van der Waals surface area contributed by atoms with Gasteiger partial charge in [0, 0.05) is 51.3 Å². The van der Waals surface area contributed by atoms with E-state index in [1.807, 2.05) is 41.2 Å². The van der Waals surface area contributed by atoms with E-state index in [9.17, 15) is 0 Å². The molecule has 0 saturated carbocycles. The number of aryl methyl sites for hydroxylation is 1. The maximum absolute atomic E-state index is 6.56. The van der Waals surface area contributed by atoms with Crippen molar-refractivity contribution in [2.24, 2.45) is 0 Å². The molecule has 4 heterocycles. The zero-order chi connectivity index (χ0) is 39.7. The van der Waals surface area contributed by atoms with Crippen LogP contribution in [0.15, 0.2) is 140 Å². The molecule has 0 amide bonds. The average molecular weight is 949 g/mol. The third-order valence-corrected chi connectivity index (χ3v) is 11.4. The van der Waals surface area contributed by atoms with Crippen LogP contribution in [-0.2, 0) is 21.1 Å². The first-order valence-corrected chi connectivity index (χ1v) is 20.1. The van der Waals surface area contributed by atoms with Gasteiger partial charge in [-0.3, -0.25) is 4.68 Å². The number of benzene rings is 6. The van der Waals surface area contributed by atoms with Crippen LogP contribution < -0.4 is 4.74 Å². The second-order valence-electron chi connectivity index (χ2n) is 15.8. The molecule has 0 bridgehead atoms. The van der Waals surface area contributed by atoms with Crippen LogP contribution in [0.25, 0.3) is 71.9 Å². The molecule has 0 N–H and O–H groups in total. The first kappa shape index (κ1) is 38.3. The van der Waals surface area contributed by atoms with E-state index in [-0.39, 0.29) is 21.1 Å². The van der Waals surface area contributed by atoms with Gasteiger partial charge in [0.25, 0.3) is 0 Å². The van der Waals surface area contributed by atoms with Gasteiger partial charge in [-0.25, -0.2) is 4.98 Å². The molecule has 10 aromatic rings. The Labute approximate surface area is 359 Å². The summed E-state index contributed by atoms with van der Waals surface area (Å²) in [6, 6.07) is 53.9. The van der Waals surface area contributed by atoms with Gasteiger partial charge in [-0.15, -0.1) is 35.7 Å². The number of para-hydroxylation sites is 3. The minimum atomic E-state index is 0. The van der Waals surface area contributed by atoms with Crippen molar-refractivity contribution < 1.29 is 25.8 Å². The normalized spacial score (nSPS) is 11.7. The maximum Gasteiger partial charge on any atom is 2.00 e. The van der Waals surface area contributed by atoms with Crippen molar-refractivity contribution in [3.8, 4) is 39.8 Å². The first-order valence-electron chi connectivity index (χ1n) is 20.1. The summed E-state index contributed by atoms with van der Waals surface area (Å²) in [4.78, 5) is 5.04. The van der Waals surface area contributed by atoms with E-state index in [0.29, 0.717) is 23.3 Å². The molecule has 0 saturated heterocycles. The summed E-state index contributed by atoms with van der Waals surface area (Å²) >= 11 is 0. The Morgan fingerprint density at radius 2 is 1.24 bits per heavy atom.